The van der Waals surface area contributed by atoms with Gasteiger partial charge in [0.15, 0.2) is 0 Å². The summed E-state index contributed by atoms with van der Waals surface area (Å²) in [5, 5.41) is 18.7. The standard InChI is InChI=1S/C17H21N3O2S.2ClH/c21-15-10-18-8-13(15)9-19-16(22)7-14-11-23-17(20-14)6-12-4-2-1-3-5-12;;/h1-5,11,13,15,18,21H,6-10H2,(H,19,22);2*1H. The Morgan fingerprint density at radius 2 is 2.04 bits per heavy atom. The number of benzene rings is 1. The molecule has 0 saturated carbocycles. The number of hydrogen-bond donors (Lipinski definition) is 3. The van der Waals surface area contributed by atoms with Gasteiger partial charge in [0.1, 0.15) is 0 Å². The number of thiazole rings is 1. The number of nitrogens with zero attached hydrogens (tertiary/aromatic N) is 1. The van der Waals surface area contributed by atoms with Crippen LogP contribution in [0.1, 0.15) is 16.3 Å². The molecule has 1 aromatic heterocycles. The zero-order chi connectivity index (χ0) is 16.1. The molecule has 0 bridgehead atoms. The van der Waals surface area contributed by atoms with Gasteiger partial charge in [-0.3, -0.25) is 4.79 Å². The smallest absolute Gasteiger partial charge is 0.226 e. The van der Waals surface area contributed by atoms with Crippen LogP contribution in [0.2, 0.25) is 0 Å². The molecule has 2 heterocycles. The maximum atomic E-state index is 12.0. The van der Waals surface area contributed by atoms with Crippen molar-refractivity contribution in [3.05, 3.63) is 52.0 Å². The lowest BCUT2D eigenvalue weighted by Crippen LogP contribution is -2.35. The Morgan fingerprint density at radius 3 is 2.72 bits per heavy atom. The molecule has 0 radical (unpaired) electrons. The molecule has 2 atom stereocenters. The highest BCUT2D eigenvalue weighted by molar-refractivity contribution is 7.09. The van der Waals surface area contributed by atoms with Crippen molar-refractivity contribution in [2.45, 2.75) is 18.9 Å². The fourth-order valence-corrected chi connectivity index (χ4v) is 3.51. The number of aromatic nitrogens is 1. The Hall–Kier alpha value is -1.18. The predicted octanol–water partition coefficient (Wildman–Crippen LogP) is 1.82. The summed E-state index contributed by atoms with van der Waals surface area (Å²) in [5.74, 6) is 0.0590. The van der Waals surface area contributed by atoms with Crippen LogP contribution in [0.15, 0.2) is 35.7 Å². The summed E-state index contributed by atoms with van der Waals surface area (Å²) in [6.45, 7) is 1.86. The Kier molecular flexibility index (Phi) is 9.38. The fourth-order valence-electron chi connectivity index (χ4n) is 2.68. The van der Waals surface area contributed by atoms with E-state index in [9.17, 15) is 9.90 Å². The van der Waals surface area contributed by atoms with E-state index in [-0.39, 0.29) is 42.7 Å². The van der Waals surface area contributed by atoms with Crippen molar-refractivity contribution in [3.8, 4) is 0 Å². The number of aliphatic hydroxyl groups excluding tert-OH is 1. The number of carbonyl (C=O) groups is 1. The van der Waals surface area contributed by atoms with Gasteiger partial charge in [-0.25, -0.2) is 4.98 Å². The summed E-state index contributed by atoms with van der Waals surface area (Å²) in [4.78, 5) is 16.5. The van der Waals surface area contributed by atoms with E-state index in [1.807, 2.05) is 23.6 Å². The number of rotatable bonds is 6. The summed E-state index contributed by atoms with van der Waals surface area (Å²) in [5.41, 5.74) is 2.03. The number of aliphatic hydroxyl groups is 1. The first-order valence-electron chi connectivity index (χ1n) is 7.83. The van der Waals surface area contributed by atoms with Gasteiger partial charge in [0.25, 0.3) is 0 Å². The first kappa shape index (κ1) is 21.9. The van der Waals surface area contributed by atoms with Crippen molar-refractivity contribution in [1.29, 1.82) is 0 Å². The number of carbonyl (C=O) groups excluding carboxylic acids is 1. The molecular formula is C17H23Cl2N3O2S. The van der Waals surface area contributed by atoms with Gasteiger partial charge >= 0.3 is 0 Å². The predicted molar refractivity (Wildman–Crippen MR) is 105 cm³/mol. The molecule has 138 valence electrons. The third-order valence-corrected chi connectivity index (χ3v) is 4.90. The number of amides is 1. The molecule has 1 saturated heterocycles. The Morgan fingerprint density at radius 1 is 1.28 bits per heavy atom. The molecule has 3 N–H and O–H groups in total. The lowest BCUT2D eigenvalue weighted by atomic mass is 10.1. The summed E-state index contributed by atoms with van der Waals surface area (Å²) in [6.07, 6.45) is 0.723. The molecule has 25 heavy (non-hydrogen) atoms. The summed E-state index contributed by atoms with van der Waals surface area (Å²) >= 11 is 1.59. The number of halogens is 2. The zero-order valence-corrected chi connectivity index (χ0v) is 16.1. The van der Waals surface area contributed by atoms with Crippen molar-refractivity contribution in [3.63, 3.8) is 0 Å². The van der Waals surface area contributed by atoms with Gasteiger partial charge in [-0.15, -0.1) is 36.2 Å². The molecule has 2 aromatic rings. The van der Waals surface area contributed by atoms with Crippen LogP contribution in [-0.2, 0) is 17.6 Å². The van der Waals surface area contributed by atoms with Crippen LogP contribution in [0.25, 0.3) is 0 Å². The average Bonchev–Trinajstić information content (AvgIpc) is 3.15. The molecule has 0 spiro atoms. The largest absolute Gasteiger partial charge is 0.391 e. The molecule has 8 heteroatoms. The molecule has 1 aliphatic rings. The van der Waals surface area contributed by atoms with E-state index in [4.69, 9.17) is 0 Å². The molecule has 1 fully saturated rings. The monoisotopic (exact) mass is 403 g/mol. The topological polar surface area (TPSA) is 74.2 Å². The molecule has 5 nitrogen and oxygen atoms in total. The Bertz CT molecular complexity index is 654. The Balaban J connectivity index is 0.00000156. The SMILES string of the molecule is Cl.Cl.O=C(Cc1csc(Cc2ccccc2)n1)NCC1CNCC1O. The van der Waals surface area contributed by atoms with Crippen molar-refractivity contribution in [2.24, 2.45) is 5.92 Å². The highest BCUT2D eigenvalue weighted by atomic mass is 35.5. The van der Waals surface area contributed by atoms with Gasteiger partial charge in [-0.1, -0.05) is 30.3 Å². The Labute approximate surface area is 164 Å². The molecular weight excluding hydrogens is 381 g/mol. The van der Waals surface area contributed by atoms with Crippen molar-refractivity contribution in [1.82, 2.24) is 15.6 Å². The maximum Gasteiger partial charge on any atom is 0.226 e. The van der Waals surface area contributed by atoms with Crippen molar-refractivity contribution >= 4 is 42.1 Å². The van der Waals surface area contributed by atoms with Gasteiger partial charge in [-0.2, -0.15) is 0 Å². The second-order valence-corrected chi connectivity index (χ2v) is 6.80. The van der Waals surface area contributed by atoms with E-state index in [1.54, 1.807) is 11.3 Å². The molecule has 1 aromatic carbocycles. The van der Waals surface area contributed by atoms with E-state index in [1.165, 1.54) is 5.56 Å². The first-order valence-corrected chi connectivity index (χ1v) is 8.71. The van der Waals surface area contributed by atoms with Crippen LogP contribution in [0.3, 0.4) is 0 Å². The number of β-amino-alcohol motifs (C(OH)–C–C–N with tert-alkyl or cyclic N) is 1. The van der Waals surface area contributed by atoms with Crippen LogP contribution in [-0.4, -0.2) is 41.7 Å². The minimum absolute atomic E-state index is 0. The third-order valence-electron chi connectivity index (χ3n) is 4.00. The van der Waals surface area contributed by atoms with Gasteiger partial charge < -0.3 is 15.7 Å². The lowest BCUT2D eigenvalue weighted by molar-refractivity contribution is -0.120. The molecule has 1 aliphatic heterocycles. The van der Waals surface area contributed by atoms with Crippen LogP contribution in [0.5, 0.6) is 0 Å². The second kappa shape index (κ2) is 10.7. The molecule has 0 aliphatic carbocycles. The minimum atomic E-state index is -0.368. The van der Waals surface area contributed by atoms with E-state index < -0.39 is 0 Å². The van der Waals surface area contributed by atoms with Crippen LogP contribution < -0.4 is 10.6 Å². The fraction of sp³-hybridized carbons (Fsp3) is 0.412. The second-order valence-electron chi connectivity index (χ2n) is 5.86. The highest BCUT2D eigenvalue weighted by Crippen LogP contribution is 2.15. The normalized spacial score (nSPS) is 18.9. The number of nitrogens with one attached hydrogen (secondary N) is 2. The van der Waals surface area contributed by atoms with Crippen LogP contribution in [0, 0.1) is 5.92 Å². The van der Waals surface area contributed by atoms with E-state index >= 15 is 0 Å². The third kappa shape index (κ3) is 6.56. The minimum Gasteiger partial charge on any atom is -0.391 e. The van der Waals surface area contributed by atoms with Crippen molar-refractivity contribution < 1.29 is 9.90 Å². The van der Waals surface area contributed by atoms with E-state index in [0.717, 1.165) is 23.7 Å². The van der Waals surface area contributed by atoms with Gasteiger partial charge in [0.05, 0.1) is 23.2 Å². The zero-order valence-electron chi connectivity index (χ0n) is 13.7. The van der Waals surface area contributed by atoms with E-state index in [2.05, 4.69) is 27.8 Å². The van der Waals surface area contributed by atoms with Crippen molar-refractivity contribution in [2.75, 3.05) is 19.6 Å². The van der Waals surface area contributed by atoms with Gasteiger partial charge in [-0.05, 0) is 5.56 Å². The highest BCUT2D eigenvalue weighted by Gasteiger charge is 2.25. The van der Waals surface area contributed by atoms with Gasteiger partial charge in [0.2, 0.25) is 5.91 Å². The number of hydrogen-bond acceptors (Lipinski definition) is 5. The average molecular weight is 404 g/mol. The molecule has 1 amide bonds. The summed E-state index contributed by atoms with van der Waals surface area (Å²) < 4.78 is 0. The maximum absolute atomic E-state index is 12.0. The van der Waals surface area contributed by atoms with E-state index in [0.29, 0.717) is 19.5 Å². The molecule has 2 unspecified atom stereocenters. The summed E-state index contributed by atoms with van der Waals surface area (Å²) in [7, 11) is 0. The quantitative estimate of drug-likeness (QED) is 0.687. The van der Waals surface area contributed by atoms with Gasteiger partial charge in [0, 0.05) is 37.4 Å². The van der Waals surface area contributed by atoms with Crippen LogP contribution in [0.4, 0.5) is 0 Å². The lowest BCUT2D eigenvalue weighted by Gasteiger charge is -2.13. The molecule has 3 rings (SSSR count). The summed E-state index contributed by atoms with van der Waals surface area (Å²) in [6, 6.07) is 10.2. The first-order chi connectivity index (χ1) is 11.2. The van der Waals surface area contributed by atoms with Crippen LogP contribution >= 0.6 is 36.2 Å².